The number of benzene rings is 9. The van der Waals surface area contributed by atoms with E-state index in [9.17, 15) is 0 Å². The predicted octanol–water partition coefficient (Wildman–Crippen LogP) is 14.5. The molecule has 12 rings (SSSR count). The number of para-hydroxylation sites is 2. The van der Waals surface area contributed by atoms with Crippen molar-refractivity contribution in [3.05, 3.63) is 247 Å². The molecule has 4 heteroatoms. The van der Waals surface area contributed by atoms with Crippen LogP contribution in [-0.2, 0) is 5.41 Å². The zero-order valence-electron chi connectivity index (χ0n) is 33.6. The van der Waals surface area contributed by atoms with Gasteiger partial charge >= 0.3 is 0 Å². The lowest BCUT2D eigenvalue weighted by molar-refractivity contribution is 0.670. The molecule has 0 aliphatic heterocycles. The van der Waals surface area contributed by atoms with Gasteiger partial charge in [0.1, 0.15) is 11.2 Å². The van der Waals surface area contributed by atoms with Crippen LogP contribution in [0.1, 0.15) is 22.3 Å². The smallest absolute Gasteiger partial charge is 0.164 e. The number of hydrogen-bond acceptors (Lipinski definition) is 4. The van der Waals surface area contributed by atoms with Crippen LogP contribution >= 0.6 is 0 Å². The van der Waals surface area contributed by atoms with Crippen molar-refractivity contribution in [1.29, 1.82) is 0 Å². The van der Waals surface area contributed by atoms with E-state index in [2.05, 4.69) is 182 Å². The van der Waals surface area contributed by atoms with Crippen molar-refractivity contribution in [3.63, 3.8) is 0 Å². The zero-order valence-corrected chi connectivity index (χ0v) is 33.6. The van der Waals surface area contributed by atoms with Gasteiger partial charge in [-0.2, -0.15) is 0 Å². The van der Waals surface area contributed by atoms with E-state index in [0.717, 1.165) is 55.3 Å². The Morgan fingerprint density at radius 3 is 1.39 bits per heavy atom. The summed E-state index contributed by atoms with van der Waals surface area (Å²) in [5.41, 5.74) is 16.1. The van der Waals surface area contributed by atoms with Gasteiger partial charge in [-0.05, 0) is 56.1 Å². The summed E-state index contributed by atoms with van der Waals surface area (Å²) in [6, 6.07) is 79.3. The number of furan rings is 1. The summed E-state index contributed by atoms with van der Waals surface area (Å²) in [6.45, 7) is 0. The Balaban J connectivity index is 0.950. The van der Waals surface area contributed by atoms with Crippen LogP contribution in [0.4, 0.5) is 0 Å². The largest absolute Gasteiger partial charge is 0.455 e. The van der Waals surface area contributed by atoms with Crippen molar-refractivity contribution in [2.75, 3.05) is 0 Å². The predicted molar refractivity (Wildman–Crippen MR) is 252 cm³/mol. The molecule has 0 fully saturated rings. The lowest BCUT2D eigenvalue weighted by Gasteiger charge is -2.34. The van der Waals surface area contributed by atoms with Gasteiger partial charge in [-0.15, -0.1) is 0 Å². The van der Waals surface area contributed by atoms with Crippen LogP contribution in [0.3, 0.4) is 0 Å². The third kappa shape index (κ3) is 5.65. The van der Waals surface area contributed by atoms with Crippen molar-refractivity contribution in [1.82, 2.24) is 15.0 Å². The Labute approximate surface area is 359 Å². The molecular formula is C58H37N3O. The molecule has 11 aromatic rings. The van der Waals surface area contributed by atoms with Gasteiger partial charge in [-0.3, -0.25) is 0 Å². The van der Waals surface area contributed by atoms with Crippen molar-refractivity contribution < 1.29 is 4.42 Å². The number of rotatable bonds is 7. The molecule has 0 unspecified atom stereocenters. The van der Waals surface area contributed by atoms with Crippen molar-refractivity contribution >= 4 is 21.9 Å². The second-order valence-electron chi connectivity index (χ2n) is 15.9. The molecule has 0 radical (unpaired) electrons. The molecule has 290 valence electrons. The molecule has 62 heavy (non-hydrogen) atoms. The maximum absolute atomic E-state index is 6.37. The summed E-state index contributed by atoms with van der Waals surface area (Å²) < 4.78 is 6.37. The molecule has 0 saturated carbocycles. The molecule has 0 saturated heterocycles. The Morgan fingerprint density at radius 2 is 0.742 bits per heavy atom. The van der Waals surface area contributed by atoms with Crippen LogP contribution in [-0.4, -0.2) is 15.0 Å². The zero-order chi connectivity index (χ0) is 41.0. The first-order valence-corrected chi connectivity index (χ1v) is 21.0. The van der Waals surface area contributed by atoms with Gasteiger partial charge < -0.3 is 4.42 Å². The maximum Gasteiger partial charge on any atom is 0.164 e. The van der Waals surface area contributed by atoms with Crippen LogP contribution in [0.2, 0.25) is 0 Å². The summed E-state index contributed by atoms with van der Waals surface area (Å²) in [5, 5.41) is 2.23. The van der Waals surface area contributed by atoms with E-state index in [1.54, 1.807) is 0 Å². The molecule has 1 aliphatic rings. The molecular weight excluding hydrogens is 755 g/mol. The lowest BCUT2D eigenvalue weighted by Crippen LogP contribution is -2.28. The van der Waals surface area contributed by atoms with E-state index in [0.29, 0.717) is 17.5 Å². The monoisotopic (exact) mass is 791 g/mol. The molecule has 0 N–H and O–H groups in total. The van der Waals surface area contributed by atoms with Crippen LogP contribution in [0, 0.1) is 0 Å². The van der Waals surface area contributed by atoms with E-state index < -0.39 is 5.41 Å². The van der Waals surface area contributed by atoms with Gasteiger partial charge in [0.25, 0.3) is 0 Å². The summed E-state index contributed by atoms with van der Waals surface area (Å²) in [6.07, 6.45) is 0. The molecule has 0 amide bonds. The first-order chi connectivity index (χ1) is 30.7. The highest BCUT2D eigenvalue weighted by Gasteiger charge is 2.46. The number of fused-ring (bicyclic) bond motifs is 6. The standard InChI is InChI=1S/C58H37N3O/c1-4-16-40(17-5-1)55-59-56(61-57(60-55)42-36-32-39(33-37-42)46-25-14-26-48-47-22-11-13-29-52(47)62-54(46)48)41-34-30-38(31-35-41)45-24-15-28-51-53(45)49-23-10-12-27-50(49)58(51,43-18-6-2-7-19-43)44-20-8-3-9-21-44/h1-37H. The minimum atomic E-state index is -0.460. The summed E-state index contributed by atoms with van der Waals surface area (Å²) >= 11 is 0. The first-order valence-electron chi connectivity index (χ1n) is 21.0. The van der Waals surface area contributed by atoms with Gasteiger partial charge in [-0.1, -0.05) is 218 Å². The number of nitrogens with zero attached hydrogens (tertiary/aromatic N) is 3. The average molecular weight is 792 g/mol. The average Bonchev–Trinajstić information content (AvgIpc) is 3.89. The third-order valence-electron chi connectivity index (χ3n) is 12.5. The Hall–Kier alpha value is -8.21. The SMILES string of the molecule is c1ccc(-c2nc(-c3ccc(-c4cccc5c4-c4ccccc4C5(c4ccccc4)c4ccccc4)cc3)nc(-c3ccc(-c4cccc5c4oc4ccccc45)cc3)n2)cc1. The quantitative estimate of drug-likeness (QED) is 0.161. The molecule has 9 aromatic carbocycles. The Kier molecular flexibility index (Phi) is 8.36. The van der Waals surface area contributed by atoms with Crippen molar-refractivity contribution in [2.24, 2.45) is 0 Å². The van der Waals surface area contributed by atoms with Gasteiger partial charge in [0.05, 0.1) is 5.41 Å². The van der Waals surface area contributed by atoms with Gasteiger partial charge in [-0.25, -0.2) is 15.0 Å². The highest BCUT2D eigenvalue weighted by Crippen LogP contribution is 2.58. The topological polar surface area (TPSA) is 51.8 Å². The highest BCUT2D eigenvalue weighted by atomic mass is 16.3. The Morgan fingerprint density at radius 1 is 0.306 bits per heavy atom. The van der Waals surface area contributed by atoms with E-state index in [-0.39, 0.29) is 0 Å². The molecule has 1 aliphatic carbocycles. The van der Waals surface area contributed by atoms with Gasteiger partial charge in [0, 0.05) is 33.0 Å². The van der Waals surface area contributed by atoms with Gasteiger partial charge in [0.15, 0.2) is 17.5 Å². The fraction of sp³-hybridized carbons (Fsp3) is 0.0172. The molecule has 4 nitrogen and oxygen atoms in total. The van der Waals surface area contributed by atoms with Crippen LogP contribution in [0.25, 0.3) is 89.5 Å². The summed E-state index contributed by atoms with van der Waals surface area (Å²) in [4.78, 5) is 15.2. The number of aromatic nitrogens is 3. The second-order valence-corrected chi connectivity index (χ2v) is 15.9. The maximum atomic E-state index is 6.37. The minimum absolute atomic E-state index is 0.460. The molecule has 2 heterocycles. The first kappa shape index (κ1) is 35.7. The lowest BCUT2D eigenvalue weighted by atomic mass is 9.67. The molecule has 0 bridgehead atoms. The van der Waals surface area contributed by atoms with Crippen molar-refractivity contribution in [2.45, 2.75) is 5.41 Å². The Bertz CT molecular complexity index is 3390. The summed E-state index contributed by atoms with van der Waals surface area (Å²) in [7, 11) is 0. The van der Waals surface area contributed by atoms with E-state index >= 15 is 0 Å². The fourth-order valence-corrected chi connectivity index (χ4v) is 9.66. The number of hydrogen-bond donors (Lipinski definition) is 0. The molecule has 2 aromatic heterocycles. The molecule has 0 spiro atoms. The van der Waals surface area contributed by atoms with E-state index in [1.165, 1.54) is 38.9 Å². The van der Waals surface area contributed by atoms with Crippen LogP contribution < -0.4 is 0 Å². The van der Waals surface area contributed by atoms with E-state index in [1.807, 2.05) is 42.5 Å². The normalized spacial score (nSPS) is 12.6. The van der Waals surface area contributed by atoms with Crippen LogP contribution in [0.15, 0.2) is 229 Å². The second kappa shape index (κ2) is 14.5. The fourth-order valence-electron chi connectivity index (χ4n) is 9.66. The highest BCUT2D eigenvalue weighted by molar-refractivity contribution is 6.09. The molecule has 0 atom stereocenters. The minimum Gasteiger partial charge on any atom is -0.455 e. The van der Waals surface area contributed by atoms with Gasteiger partial charge in [0.2, 0.25) is 0 Å². The van der Waals surface area contributed by atoms with E-state index in [4.69, 9.17) is 19.4 Å². The van der Waals surface area contributed by atoms with Crippen LogP contribution in [0.5, 0.6) is 0 Å². The third-order valence-corrected chi connectivity index (χ3v) is 12.5. The van der Waals surface area contributed by atoms with Crippen molar-refractivity contribution in [3.8, 4) is 67.5 Å². The summed E-state index contributed by atoms with van der Waals surface area (Å²) in [5.74, 6) is 1.86.